The van der Waals surface area contributed by atoms with E-state index in [0.29, 0.717) is 0 Å². The van der Waals surface area contributed by atoms with E-state index in [1.54, 1.807) is 11.8 Å². The topological polar surface area (TPSA) is 33.4 Å². The Labute approximate surface area is 134 Å². The van der Waals surface area contributed by atoms with Gasteiger partial charge in [0.2, 0.25) is 0 Å². The molecule has 0 N–H and O–H groups in total. The summed E-state index contributed by atoms with van der Waals surface area (Å²) in [6.45, 7) is 2.02. The SMILES string of the molecule is CSc1nc(N2CCc3ccccc3CC2)cc2nccn12. The van der Waals surface area contributed by atoms with Crippen molar-refractivity contribution in [3.8, 4) is 0 Å². The van der Waals surface area contributed by atoms with Crippen LogP contribution in [-0.2, 0) is 12.8 Å². The minimum absolute atomic E-state index is 0.969. The maximum absolute atomic E-state index is 4.83. The van der Waals surface area contributed by atoms with Crippen LogP contribution in [0.4, 0.5) is 5.82 Å². The first kappa shape index (κ1) is 13.6. The zero-order chi connectivity index (χ0) is 14.9. The first-order valence-corrected chi connectivity index (χ1v) is 8.77. The van der Waals surface area contributed by atoms with E-state index in [1.165, 1.54) is 11.1 Å². The molecule has 2 aromatic heterocycles. The lowest BCUT2D eigenvalue weighted by molar-refractivity contribution is 0.769. The lowest BCUT2D eigenvalue weighted by Crippen LogP contribution is -2.27. The number of rotatable bonds is 2. The van der Waals surface area contributed by atoms with Gasteiger partial charge in [-0.25, -0.2) is 9.97 Å². The number of thioether (sulfide) groups is 1. The molecule has 0 atom stereocenters. The molecule has 1 aliphatic heterocycles. The molecule has 3 aromatic rings. The monoisotopic (exact) mass is 310 g/mol. The highest BCUT2D eigenvalue weighted by Gasteiger charge is 2.16. The second-order valence-electron chi connectivity index (χ2n) is 5.51. The molecule has 0 saturated heterocycles. The molecular weight excluding hydrogens is 292 g/mol. The average molecular weight is 310 g/mol. The molecule has 5 heteroatoms. The minimum atomic E-state index is 0.969. The van der Waals surface area contributed by atoms with E-state index in [4.69, 9.17) is 4.98 Å². The van der Waals surface area contributed by atoms with Crippen molar-refractivity contribution in [2.24, 2.45) is 0 Å². The van der Waals surface area contributed by atoms with Crippen LogP contribution in [0.3, 0.4) is 0 Å². The van der Waals surface area contributed by atoms with Gasteiger partial charge in [-0.05, 0) is 30.2 Å². The second-order valence-corrected chi connectivity index (χ2v) is 6.29. The Morgan fingerprint density at radius 2 is 1.82 bits per heavy atom. The highest BCUT2D eigenvalue weighted by molar-refractivity contribution is 7.98. The number of aromatic nitrogens is 3. The fourth-order valence-electron chi connectivity index (χ4n) is 3.09. The normalized spacial score (nSPS) is 14.9. The second kappa shape index (κ2) is 5.65. The molecule has 0 amide bonds. The molecule has 22 heavy (non-hydrogen) atoms. The minimum Gasteiger partial charge on any atom is -0.356 e. The summed E-state index contributed by atoms with van der Waals surface area (Å²) in [5, 5.41) is 0.992. The van der Waals surface area contributed by atoms with Crippen LogP contribution in [-0.4, -0.2) is 33.7 Å². The van der Waals surface area contributed by atoms with Crippen molar-refractivity contribution >= 4 is 23.2 Å². The lowest BCUT2D eigenvalue weighted by Gasteiger charge is -2.22. The van der Waals surface area contributed by atoms with Crippen LogP contribution in [0, 0.1) is 0 Å². The molecule has 0 unspecified atom stereocenters. The van der Waals surface area contributed by atoms with Crippen LogP contribution in [0.1, 0.15) is 11.1 Å². The van der Waals surface area contributed by atoms with Crippen LogP contribution in [0.5, 0.6) is 0 Å². The number of hydrogen-bond donors (Lipinski definition) is 0. The quantitative estimate of drug-likeness (QED) is 0.538. The molecule has 1 aliphatic rings. The predicted molar refractivity (Wildman–Crippen MR) is 90.8 cm³/mol. The van der Waals surface area contributed by atoms with Crippen molar-refractivity contribution in [1.29, 1.82) is 0 Å². The van der Waals surface area contributed by atoms with E-state index in [0.717, 1.165) is 42.6 Å². The van der Waals surface area contributed by atoms with Crippen LogP contribution < -0.4 is 4.90 Å². The summed E-state index contributed by atoms with van der Waals surface area (Å²) in [5.41, 5.74) is 3.91. The Hall–Kier alpha value is -2.01. The average Bonchev–Trinajstić information content (AvgIpc) is 2.93. The number of fused-ring (bicyclic) bond motifs is 2. The summed E-state index contributed by atoms with van der Waals surface area (Å²) < 4.78 is 2.04. The Morgan fingerprint density at radius 1 is 1.09 bits per heavy atom. The summed E-state index contributed by atoms with van der Waals surface area (Å²) >= 11 is 1.66. The highest BCUT2D eigenvalue weighted by Crippen LogP contribution is 2.23. The number of hydrogen-bond acceptors (Lipinski definition) is 4. The van der Waals surface area contributed by atoms with Crippen molar-refractivity contribution in [3.63, 3.8) is 0 Å². The van der Waals surface area contributed by atoms with E-state index in [9.17, 15) is 0 Å². The first-order valence-electron chi connectivity index (χ1n) is 7.55. The van der Waals surface area contributed by atoms with Crippen LogP contribution in [0.2, 0.25) is 0 Å². The summed E-state index contributed by atoms with van der Waals surface area (Å²) in [7, 11) is 0. The van der Waals surface area contributed by atoms with E-state index >= 15 is 0 Å². The molecule has 0 aliphatic carbocycles. The summed E-state index contributed by atoms with van der Waals surface area (Å²) in [6.07, 6.45) is 8.01. The van der Waals surface area contributed by atoms with Gasteiger partial charge < -0.3 is 4.90 Å². The van der Waals surface area contributed by atoms with Gasteiger partial charge in [0, 0.05) is 31.5 Å². The Balaban J connectivity index is 1.68. The van der Waals surface area contributed by atoms with E-state index in [-0.39, 0.29) is 0 Å². The maximum Gasteiger partial charge on any atom is 0.175 e. The molecular formula is C17H18N4S. The van der Waals surface area contributed by atoms with Crippen LogP contribution in [0.15, 0.2) is 47.9 Å². The zero-order valence-corrected chi connectivity index (χ0v) is 13.4. The van der Waals surface area contributed by atoms with Gasteiger partial charge in [-0.15, -0.1) is 0 Å². The van der Waals surface area contributed by atoms with Crippen molar-refractivity contribution in [3.05, 3.63) is 53.9 Å². The third kappa shape index (κ3) is 2.35. The molecule has 0 bridgehead atoms. The Kier molecular flexibility index (Phi) is 3.50. The van der Waals surface area contributed by atoms with Gasteiger partial charge in [0.25, 0.3) is 0 Å². The molecule has 1 aromatic carbocycles. The maximum atomic E-state index is 4.83. The summed E-state index contributed by atoms with van der Waals surface area (Å²) in [5.74, 6) is 1.04. The third-order valence-electron chi connectivity index (χ3n) is 4.27. The van der Waals surface area contributed by atoms with Crippen LogP contribution in [0.25, 0.3) is 5.65 Å². The lowest BCUT2D eigenvalue weighted by atomic mass is 10.0. The van der Waals surface area contributed by atoms with Gasteiger partial charge in [-0.3, -0.25) is 4.40 Å². The third-order valence-corrected chi connectivity index (χ3v) is 4.92. The van der Waals surface area contributed by atoms with Gasteiger partial charge in [-0.1, -0.05) is 36.0 Å². The summed E-state index contributed by atoms with van der Waals surface area (Å²) in [4.78, 5) is 11.6. The molecule has 0 saturated carbocycles. The predicted octanol–water partition coefficient (Wildman–Crippen LogP) is 3.06. The fraction of sp³-hybridized carbons (Fsp3) is 0.294. The van der Waals surface area contributed by atoms with Gasteiger partial charge in [-0.2, -0.15) is 0 Å². The van der Waals surface area contributed by atoms with Gasteiger partial charge >= 0.3 is 0 Å². The standard InChI is InChI=1S/C17H18N4S/c1-22-17-19-16(12-15-18-8-11-21(15)17)20-9-6-13-4-2-3-5-14(13)7-10-20/h2-5,8,11-12H,6-7,9-10H2,1H3. The number of benzene rings is 1. The van der Waals surface area contributed by atoms with Gasteiger partial charge in [0.15, 0.2) is 5.16 Å². The van der Waals surface area contributed by atoms with Crippen molar-refractivity contribution in [1.82, 2.24) is 14.4 Å². The summed E-state index contributed by atoms with van der Waals surface area (Å²) in [6, 6.07) is 10.9. The molecule has 0 spiro atoms. The van der Waals surface area contributed by atoms with E-state index < -0.39 is 0 Å². The molecule has 112 valence electrons. The Morgan fingerprint density at radius 3 is 2.50 bits per heavy atom. The van der Waals surface area contributed by atoms with Crippen molar-refractivity contribution < 1.29 is 0 Å². The van der Waals surface area contributed by atoms with E-state index in [1.807, 2.05) is 16.8 Å². The highest BCUT2D eigenvalue weighted by atomic mass is 32.2. The zero-order valence-electron chi connectivity index (χ0n) is 12.6. The van der Waals surface area contributed by atoms with Crippen molar-refractivity contribution in [2.45, 2.75) is 18.0 Å². The molecule has 3 heterocycles. The number of nitrogens with zero attached hydrogens (tertiary/aromatic N) is 4. The Bertz CT molecular complexity index is 784. The first-order chi connectivity index (χ1) is 10.8. The van der Waals surface area contributed by atoms with E-state index in [2.05, 4.69) is 46.5 Å². The fourth-order valence-corrected chi connectivity index (χ4v) is 3.62. The molecule has 4 nitrogen and oxygen atoms in total. The smallest absolute Gasteiger partial charge is 0.175 e. The van der Waals surface area contributed by atoms with Gasteiger partial charge in [0.05, 0.1) is 0 Å². The molecule has 0 fully saturated rings. The number of imidazole rings is 1. The largest absolute Gasteiger partial charge is 0.356 e. The molecule has 4 rings (SSSR count). The van der Waals surface area contributed by atoms with Crippen LogP contribution >= 0.6 is 11.8 Å². The van der Waals surface area contributed by atoms with Crippen molar-refractivity contribution in [2.75, 3.05) is 24.2 Å². The molecule has 0 radical (unpaired) electrons. The number of anilines is 1. The van der Waals surface area contributed by atoms with Gasteiger partial charge in [0.1, 0.15) is 11.5 Å².